The van der Waals surface area contributed by atoms with Crippen molar-refractivity contribution >= 4 is 23.5 Å². The number of hydrogen-bond acceptors (Lipinski definition) is 5. The molecule has 1 aromatic carbocycles. The van der Waals surface area contributed by atoms with Crippen LogP contribution < -0.4 is 16.6 Å². The molecule has 3 rings (SSSR count). The van der Waals surface area contributed by atoms with Crippen molar-refractivity contribution in [2.45, 2.75) is 30.5 Å². The predicted octanol–water partition coefficient (Wildman–Crippen LogP) is 1.64. The average molecular weight is 330 g/mol. The first kappa shape index (κ1) is 15.6. The van der Waals surface area contributed by atoms with Crippen molar-refractivity contribution in [2.75, 3.05) is 11.5 Å². The molecular formula is C16H18N4O2S. The lowest BCUT2D eigenvalue weighted by Crippen LogP contribution is -2.32. The molecule has 0 saturated carbocycles. The molecule has 1 heterocycles. The van der Waals surface area contributed by atoms with Crippen LogP contribution in [0.25, 0.3) is 0 Å². The fourth-order valence-electron chi connectivity index (χ4n) is 2.80. The number of nitrogens with zero attached hydrogens (tertiary/aromatic N) is 1. The van der Waals surface area contributed by atoms with Crippen molar-refractivity contribution in [3.8, 4) is 0 Å². The highest BCUT2D eigenvalue weighted by Crippen LogP contribution is 2.29. The minimum Gasteiger partial charge on any atom is -0.383 e. The monoisotopic (exact) mass is 330 g/mol. The second-order valence-corrected chi connectivity index (χ2v) is 6.44. The summed E-state index contributed by atoms with van der Waals surface area (Å²) in [6.45, 7) is 0. The first-order chi connectivity index (χ1) is 11.1. The van der Waals surface area contributed by atoms with E-state index in [9.17, 15) is 9.59 Å². The zero-order chi connectivity index (χ0) is 16.2. The Hall–Kier alpha value is -2.28. The third kappa shape index (κ3) is 3.92. The molecule has 6 nitrogen and oxygen atoms in total. The summed E-state index contributed by atoms with van der Waals surface area (Å²) in [7, 11) is 0. The summed E-state index contributed by atoms with van der Waals surface area (Å²) in [6.07, 6.45) is 3.08. The largest absolute Gasteiger partial charge is 0.383 e. The number of nitrogens with one attached hydrogen (secondary N) is 2. The minimum absolute atomic E-state index is 0.0564. The summed E-state index contributed by atoms with van der Waals surface area (Å²) >= 11 is 1.17. The first-order valence-electron chi connectivity index (χ1n) is 7.48. The van der Waals surface area contributed by atoms with Crippen LogP contribution in [0.15, 0.2) is 40.3 Å². The number of nitrogens with two attached hydrogens (primary N) is 1. The number of benzene rings is 1. The quantitative estimate of drug-likeness (QED) is 0.584. The molecule has 0 unspecified atom stereocenters. The molecule has 1 amide bonds. The van der Waals surface area contributed by atoms with Gasteiger partial charge in [0, 0.05) is 6.07 Å². The number of carbonyl (C=O) groups excluding carboxylic acids is 1. The number of nitrogen functional groups attached to an aromatic ring is 1. The Morgan fingerprint density at radius 1 is 1.43 bits per heavy atom. The predicted molar refractivity (Wildman–Crippen MR) is 90.3 cm³/mol. The lowest BCUT2D eigenvalue weighted by atomic mass is 9.88. The summed E-state index contributed by atoms with van der Waals surface area (Å²) < 4.78 is 0. The van der Waals surface area contributed by atoms with E-state index < -0.39 is 0 Å². The molecule has 1 aliphatic carbocycles. The number of amides is 1. The van der Waals surface area contributed by atoms with Gasteiger partial charge < -0.3 is 16.0 Å². The van der Waals surface area contributed by atoms with E-state index in [0.29, 0.717) is 5.16 Å². The van der Waals surface area contributed by atoms with Gasteiger partial charge in [-0.25, -0.2) is 4.98 Å². The van der Waals surface area contributed by atoms with Gasteiger partial charge in [0.1, 0.15) is 5.82 Å². The number of anilines is 1. The van der Waals surface area contributed by atoms with E-state index >= 15 is 0 Å². The van der Waals surface area contributed by atoms with Gasteiger partial charge in [0.2, 0.25) is 5.91 Å². The molecule has 0 bridgehead atoms. The van der Waals surface area contributed by atoms with E-state index in [-0.39, 0.29) is 29.1 Å². The van der Waals surface area contributed by atoms with Crippen LogP contribution in [0.5, 0.6) is 0 Å². The van der Waals surface area contributed by atoms with Crippen LogP contribution in [-0.2, 0) is 11.2 Å². The van der Waals surface area contributed by atoms with Crippen molar-refractivity contribution in [3.63, 3.8) is 0 Å². The Labute approximate surface area is 137 Å². The van der Waals surface area contributed by atoms with Crippen LogP contribution in [0.2, 0.25) is 0 Å². The molecular weight excluding hydrogens is 312 g/mol. The van der Waals surface area contributed by atoms with E-state index in [0.717, 1.165) is 19.3 Å². The Kier molecular flexibility index (Phi) is 4.66. The second kappa shape index (κ2) is 6.87. The zero-order valence-corrected chi connectivity index (χ0v) is 13.4. The molecule has 120 valence electrons. The van der Waals surface area contributed by atoms with Gasteiger partial charge in [-0.05, 0) is 30.4 Å². The summed E-state index contributed by atoms with van der Waals surface area (Å²) in [6, 6.07) is 9.48. The SMILES string of the molecule is Nc1cc(=O)[nH]c(SCC(=O)N[C@@H]2CCCc3ccccc32)n1. The number of fused-ring (bicyclic) bond motifs is 1. The maximum atomic E-state index is 12.2. The van der Waals surface area contributed by atoms with Gasteiger partial charge in [-0.2, -0.15) is 0 Å². The summed E-state index contributed by atoms with van der Waals surface area (Å²) in [5.74, 6) is 0.255. The normalized spacial score (nSPS) is 16.6. The molecule has 1 aliphatic rings. The number of aromatic nitrogens is 2. The van der Waals surface area contributed by atoms with Crippen molar-refractivity contribution < 1.29 is 4.79 Å². The lowest BCUT2D eigenvalue weighted by Gasteiger charge is -2.26. The molecule has 0 fully saturated rings. The third-order valence-corrected chi connectivity index (χ3v) is 4.66. The number of aryl methyl sites for hydroxylation is 1. The molecule has 0 aliphatic heterocycles. The van der Waals surface area contributed by atoms with E-state index in [2.05, 4.69) is 27.4 Å². The van der Waals surface area contributed by atoms with Gasteiger partial charge in [0.15, 0.2) is 5.16 Å². The molecule has 23 heavy (non-hydrogen) atoms. The molecule has 4 N–H and O–H groups in total. The Morgan fingerprint density at radius 3 is 3.09 bits per heavy atom. The average Bonchev–Trinajstić information content (AvgIpc) is 2.52. The summed E-state index contributed by atoms with van der Waals surface area (Å²) in [4.78, 5) is 30.1. The fraction of sp³-hybridized carbons (Fsp3) is 0.312. The summed E-state index contributed by atoms with van der Waals surface area (Å²) in [5.41, 5.74) is 7.71. The lowest BCUT2D eigenvalue weighted by molar-refractivity contribution is -0.119. The van der Waals surface area contributed by atoms with Crippen LogP contribution >= 0.6 is 11.8 Å². The van der Waals surface area contributed by atoms with Gasteiger partial charge in [0.05, 0.1) is 11.8 Å². The molecule has 1 atom stereocenters. The highest BCUT2D eigenvalue weighted by Gasteiger charge is 2.21. The Balaban J connectivity index is 1.61. The highest BCUT2D eigenvalue weighted by molar-refractivity contribution is 7.99. The molecule has 1 aromatic heterocycles. The van der Waals surface area contributed by atoms with E-state index in [1.807, 2.05) is 12.1 Å². The Bertz CT molecular complexity index is 775. The van der Waals surface area contributed by atoms with Crippen molar-refractivity contribution in [1.29, 1.82) is 0 Å². The van der Waals surface area contributed by atoms with Gasteiger partial charge in [-0.3, -0.25) is 9.59 Å². The molecule has 0 spiro atoms. The van der Waals surface area contributed by atoms with E-state index in [1.54, 1.807) is 0 Å². The molecule has 0 saturated heterocycles. The zero-order valence-electron chi connectivity index (χ0n) is 12.5. The van der Waals surface area contributed by atoms with Crippen LogP contribution in [0, 0.1) is 0 Å². The van der Waals surface area contributed by atoms with Crippen molar-refractivity contribution in [1.82, 2.24) is 15.3 Å². The Morgan fingerprint density at radius 2 is 2.26 bits per heavy atom. The van der Waals surface area contributed by atoms with Crippen LogP contribution in [0.4, 0.5) is 5.82 Å². The first-order valence-corrected chi connectivity index (χ1v) is 8.47. The van der Waals surface area contributed by atoms with Crippen molar-refractivity contribution in [2.24, 2.45) is 0 Å². The number of hydrogen-bond donors (Lipinski definition) is 3. The fourth-order valence-corrected chi connectivity index (χ4v) is 3.49. The number of thioether (sulfide) groups is 1. The van der Waals surface area contributed by atoms with Crippen molar-refractivity contribution in [3.05, 3.63) is 51.8 Å². The maximum absolute atomic E-state index is 12.2. The van der Waals surface area contributed by atoms with Crippen LogP contribution in [0.3, 0.4) is 0 Å². The molecule has 0 radical (unpaired) electrons. The topological polar surface area (TPSA) is 101 Å². The molecule has 7 heteroatoms. The van der Waals surface area contributed by atoms with E-state index in [1.165, 1.54) is 29.0 Å². The number of aromatic amines is 1. The minimum atomic E-state index is -0.318. The van der Waals surface area contributed by atoms with Gasteiger partial charge in [0.25, 0.3) is 5.56 Å². The van der Waals surface area contributed by atoms with Gasteiger partial charge >= 0.3 is 0 Å². The molecule has 2 aromatic rings. The maximum Gasteiger partial charge on any atom is 0.253 e. The van der Waals surface area contributed by atoms with Gasteiger partial charge in [-0.15, -0.1) is 0 Å². The van der Waals surface area contributed by atoms with Gasteiger partial charge in [-0.1, -0.05) is 36.0 Å². The smallest absolute Gasteiger partial charge is 0.253 e. The number of carbonyl (C=O) groups is 1. The second-order valence-electron chi connectivity index (χ2n) is 5.48. The standard InChI is InChI=1S/C16H18N4O2S/c17-13-8-14(21)20-16(19-13)23-9-15(22)18-12-7-3-5-10-4-1-2-6-11(10)12/h1-2,4,6,8,12H,3,5,7,9H2,(H,18,22)(H3,17,19,20,21)/t12-/m1/s1. The van der Waals surface area contributed by atoms with E-state index in [4.69, 9.17) is 5.73 Å². The van der Waals surface area contributed by atoms with Crippen LogP contribution in [-0.4, -0.2) is 21.6 Å². The third-order valence-electron chi connectivity index (χ3n) is 3.78. The number of rotatable bonds is 4. The van der Waals surface area contributed by atoms with Crippen LogP contribution in [0.1, 0.15) is 30.0 Å². The number of H-pyrrole nitrogens is 1. The summed E-state index contributed by atoms with van der Waals surface area (Å²) in [5, 5.41) is 3.42. The highest BCUT2D eigenvalue weighted by atomic mass is 32.2.